The van der Waals surface area contributed by atoms with E-state index in [0.29, 0.717) is 28.9 Å². The number of methoxy groups -OCH3 is 1. The Bertz CT molecular complexity index is 1310. The van der Waals surface area contributed by atoms with Crippen LogP contribution in [0, 0.1) is 0 Å². The summed E-state index contributed by atoms with van der Waals surface area (Å²) in [5.74, 6) is 0.896. The van der Waals surface area contributed by atoms with Crippen molar-refractivity contribution in [1.82, 2.24) is 4.90 Å². The molecule has 0 bridgehead atoms. The van der Waals surface area contributed by atoms with E-state index in [-0.39, 0.29) is 17.6 Å². The van der Waals surface area contributed by atoms with Crippen LogP contribution in [0.5, 0.6) is 5.75 Å². The minimum absolute atomic E-state index is 0.0828. The van der Waals surface area contributed by atoms with Gasteiger partial charge in [-0.2, -0.15) is 0 Å². The summed E-state index contributed by atoms with van der Waals surface area (Å²) >= 11 is 1.21. The van der Waals surface area contributed by atoms with Crippen LogP contribution in [-0.2, 0) is 16.0 Å². The van der Waals surface area contributed by atoms with Gasteiger partial charge in [0.25, 0.3) is 5.91 Å². The van der Waals surface area contributed by atoms with Gasteiger partial charge in [-0.25, -0.2) is 9.89 Å². The molecule has 2 aliphatic rings. The van der Waals surface area contributed by atoms with Crippen molar-refractivity contribution in [3.8, 4) is 5.75 Å². The molecule has 34 heavy (non-hydrogen) atoms. The average molecular weight is 471 g/mol. The first-order valence-electron chi connectivity index (χ1n) is 10.8. The molecule has 1 unspecified atom stereocenters. The summed E-state index contributed by atoms with van der Waals surface area (Å²) < 4.78 is 5.30. The molecule has 2 aliphatic heterocycles. The molecule has 1 N–H and O–H groups in total. The molecule has 0 aliphatic carbocycles. The molecule has 0 fully saturated rings. The highest BCUT2D eigenvalue weighted by molar-refractivity contribution is 8.14. The van der Waals surface area contributed by atoms with E-state index in [4.69, 9.17) is 14.7 Å². The summed E-state index contributed by atoms with van der Waals surface area (Å²) in [7, 11) is 1.56. The van der Waals surface area contributed by atoms with Gasteiger partial charge >= 0.3 is 0 Å². The number of benzene rings is 3. The smallest absolute Gasteiger partial charge is 0.259 e. The number of hydrogen-bond donors (Lipinski definition) is 1. The molecule has 0 saturated carbocycles. The first-order valence-corrected chi connectivity index (χ1v) is 11.8. The number of rotatable bonds is 6. The number of thioether (sulfide) groups is 1. The average Bonchev–Trinajstić information content (AvgIpc) is 3.19. The van der Waals surface area contributed by atoms with Gasteiger partial charge in [-0.15, -0.1) is 0 Å². The number of fused-ring (bicyclic) bond motifs is 3. The molecule has 0 spiro atoms. The van der Waals surface area contributed by atoms with E-state index in [9.17, 15) is 9.59 Å². The third-order valence-corrected chi connectivity index (χ3v) is 6.47. The number of ether oxygens (including phenoxy) is 1. The Labute approximate surface area is 201 Å². The molecule has 3 aromatic carbocycles. The maximum atomic E-state index is 13.4. The highest BCUT2D eigenvalue weighted by Gasteiger charge is 2.41. The van der Waals surface area contributed by atoms with Gasteiger partial charge in [0.2, 0.25) is 5.91 Å². The van der Waals surface area contributed by atoms with Gasteiger partial charge < -0.3 is 10.1 Å². The van der Waals surface area contributed by atoms with Crippen LogP contribution in [-0.4, -0.2) is 46.6 Å². The Hall–Kier alpha value is -3.91. The second-order valence-corrected chi connectivity index (χ2v) is 8.72. The molecule has 2 amide bonds. The van der Waals surface area contributed by atoms with E-state index in [0.717, 1.165) is 16.8 Å². The van der Waals surface area contributed by atoms with E-state index < -0.39 is 6.04 Å². The number of carbonyl (C=O) groups is 2. The van der Waals surface area contributed by atoms with Crippen molar-refractivity contribution in [1.29, 1.82) is 0 Å². The Kier molecular flexibility index (Phi) is 6.14. The third kappa shape index (κ3) is 4.32. The molecule has 3 aromatic rings. The topological polar surface area (TPSA) is 83.4 Å². The van der Waals surface area contributed by atoms with Gasteiger partial charge in [0.1, 0.15) is 17.6 Å². The van der Waals surface area contributed by atoms with Crippen LogP contribution in [0.15, 0.2) is 88.8 Å². The maximum absolute atomic E-state index is 13.4. The number of nitrogens with one attached hydrogen (secondary N) is 1. The first-order chi connectivity index (χ1) is 16.6. The van der Waals surface area contributed by atoms with Crippen LogP contribution in [0.25, 0.3) is 0 Å². The minimum atomic E-state index is -0.531. The monoisotopic (exact) mass is 470 g/mol. The van der Waals surface area contributed by atoms with Crippen LogP contribution >= 0.6 is 11.8 Å². The Morgan fingerprint density at radius 2 is 1.76 bits per heavy atom. The number of para-hydroxylation sites is 3. The van der Waals surface area contributed by atoms with Gasteiger partial charge in [-0.3, -0.25) is 14.6 Å². The van der Waals surface area contributed by atoms with E-state index in [2.05, 4.69) is 5.32 Å². The predicted molar refractivity (Wildman–Crippen MR) is 135 cm³/mol. The fourth-order valence-corrected chi connectivity index (χ4v) is 4.73. The molecule has 170 valence electrons. The SMILES string of the molecule is COc1ccccc1NC(=O)CSC1=Nc2ccccc2C2=NC(Cc3ccccc3)C(=O)N12. The lowest BCUT2D eigenvalue weighted by Gasteiger charge is -2.25. The lowest BCUT2D eigenvalue weighted by Crippen LogP contribution is -2.41. The molecule has 5 rings (SSSR count). The van der Waals surface area contributed by atoms with Crippen LogP contribution in [0.2, 0.25) is 0 Å². The second kappa shape index (κ2) is 9.52. The zero-order valence-electron chi connectivity index (χ0n) is 18.5. The number of hydrogen-bond acceptors (Lipinski definition) is 6. The van der Waals surface area contributed by atoms with Crippen LogP contribution in [0.4, 0.5) is 11.4 Å². The molecule has 0 aromatic heterocycles. The normalized spacial score (nSPS) is 16.3. The Morgan fingerprint density at radius 3 is 2.59 bits per heavy atom. The number of aliphatic imine (C=N–C) groups is 2. The highest BCUT2D eigenvalue weighted by atomic mass is 32.2. The molecule has 0 saturated heterocycles. The van der Waals surface area contributed by atoms with Crippen molar-refractivity contribution < 1.29 is 14.3 Å². The lowest BCUT2D eigenvalue weighted by molar-refractivity contribution is -0.124. The summed E-state index contributed by atoms with van der Waals surface area (Å²) in [6, 6.07) is 24.1. The van der Waals surface area contributed by atoms with E-state index in [1.165, 1.54) is 11.8 Å². The fourth-order valence-electron chi connectivity index (χ4n) is 3.93. The van der Waals surface area contributed by atoms with Gasteiger partial charge in [0.15, 0.2) is 5.17 Å². The zero-order valence-corrected chi connectivity index (χ0v) is 19.3. The molecule has 7 nitrogen and oxygen atoms in total. The van der Waals surface area contributed by atoms with Crippen molar-refractivity contribution in [3.05, 3.63) is 90.0 Å². The summed E-state index contributed by atoms with van der Waals surface area (Å²) in [6.45, 7) is 0. The molecular weight excluding hydrogens is 448 g/mol. The molecular formula is C26H22N4O3S. The molecule has 2 heterocycles. The molecule has 8 heteroatoms. The van der Waals surface area contributed by atoms with E-state index in [1.807, 2.05) is 66.7 Å². The summed E-state index contributed by atoms with van der Waals surface area (Å²) in [5.41, 5.74) is 3.18. The van der Waals surface area contributed by atoms with Crippen LogP contribution < -0.4 is 10.1 Å². The van der Waals surface area contributed by atoms with Crippen molar-refractivity contribution in [2.24, 2.45) is 9.98 Å². The number of nitrogens with zero attached hydrogens (tertiary/aromatic N) is 3. The van der Waals surface area contributed by atoms with E-state index >= 15 is 0 Å². The van der Waals surface area contributed by atoms with Crippen LogP contribution in [0.3, 0.4) is 0 Å². The number of amides is 2. The third-order valence-electron chi connectivity index (χ3n) is 5.53. The van der Waals surface area contributed by atoms with Crippen molar-refractivity contribution in [3.63, 3.8) is 0 Å². The van der Waals surface area contributed by atoms with Gasteiger partial charge in [-0.05, 0) is 29.8 Å². The standard InChI is InChI=1S/C26H22N4O3S/c1-33-22-14-8-7-13-20(22)27-23(31)16-34-26-29-19-12-6-5-11-18(19)24-28-21(25(32)30(24)26)15-17-9-3-2-4-10-17/h2-14,21H,15-16H2,1H3,(H,27,31). The highest BCUT2D eigenvalue weighted by Crippen LogP contribution is 2.34. The minimum Gasteiger partial charge on any atom is -0.495 e. The lowest BCUT2D eigenvalue weighted by atomic mass is 10.1. The van der Waals surface area contributed by atoms with E-state index in [1.54, 1.807) is 24.1 Å². The Morgan fingerprint density at radius 1 is 1.03 bits per heavy atom. The number of anilines is 1. The number of amidine groups is 2. The molecule has 0 radical (unpaired) electrons. The van der Waals surface area contributed by atoms with Gasteiger partial charge in [0.05, 0.1) is 24.2 Å². The molecule has 1 atom stereocenters. The van der Waals surface area contributed by atoms with Crippen molar-refractivity contribution in [2.75, 3.05) is 18.2 Å². The number of carbonyl (C=O) groups excluding carboxylic acids is 2. The predicted octanol–water partition coefficient (Wildman–Crippen LogP) is 4.27. The summed E-state index contributed by atoms with van der Waals surface area (Å²) in [4.78, 5) is 37.1. The first kappa shape index (κ1) is 21.9. The summed E-state index contributed by atoms with van der Waals surface area (Å²) in [5, 5.41) is 3.31. The maximum Gasteiger partial charge on any atom is 0.259 e. The van der Waals surface area contributed by atoms with Gasteiger partial charge in [0, 0.05) is 12.0 Å². The second-order valence-electron chi connectivity index (χ2n) is 7.78. The summed E-state index contributed by atoms with van der Waals surface area (Å²) in [6.07, 6.45) is 0.508. The largest absolute Gasteiger partial charge is 0.495 e. The quantitative estimate of drug-likeness (QED) is 0.583. The zero-order chi connectivity index (χ0) is 23.5. The van der Waals surface area contributed by atoms with Gasteiger partial charge in [-0.1, -0.05) is 66.4 Å². The van der Waals surface area contributed by atoms with Crippen molar-refractivity contribution in [2.45, 2.75) is 12.5 Å². The van der Waals surface area contributed by atoms with Crippen LogP contribution in [0.1, 0.15) is 11.1 Å². The van der Waals surface area contributed by atoms with Crippen molar-refractivity contribution >= 4 is 46.0 Å². The Balaban J connectivity index is 1.36. The fraction of sp³-hybridized carbons (Fsp3) is 0.154.